The van der Waals surface area contributed by atoms with Crippen LogP contribution in [0.25, 0.3) is 10.9 Å². The second kappa shape index (κ2) is 4.76. The first kappa shape index (κ1) is 14.1. The van der Waals surface area contributed by atoms with Crippen molar-refractivity contribution in [1.29, 1.82) is 0 Å². The van der Waals surface area contributed by atoms with Gasteiger partial charge in [0.1, 0.15) is 5.57 Å². The molecule has 0 aliphatic carbocycles. The van der Waals surface area contributed by atoms with E-state index in [2.05, 4.69) is 16.4 Å². The van der Waals surface area contributed by atoms with E-state index < -0.39 is 17.8 Å². The molecule has 23 heavy (non-hydrogen) atoms. The van der Waals surface area contributed by atoms with E-state index in [-0.39, 0.29) is 11.5 Å². The number of ether oxygens (including phenoxy) is 2. The highest BCUT2D eigenvalue weighted by Crippen LogP contribution is 2.37. The maximum atomic E-state index is 12.4. The number of carbonyl (C=O) groups is 1. The summed E-state index contributed by atoms with van der Waals surface area (Å²) in [5.41, 5.74) is 3.15. The van der Waals surface area contributed by atoms with Crippen LogP contribution in [0.15, 0.2) is 35.8 Å². The van der Waals surface area contributed by atoms with Crippen LogP contribution in [-0.4, -0.2) is 28.4 Å². The Morgan fingerprint density at radius 1 is 1.26 bits per heavy atom. The molecular weight excluding hydrogens is 296 g/mol. The fourth-order valence-electron chi connectivity index (χ4n) is 3.34. The molecule has 0 saturated heterocycles. The number of aliphatic hydroxyl groups is 1. The second-order valence-electron chi connectivity index (χ2n) is 6.31. The first-order chi connectivity index (χ1) is 11.0. The maximum absolute atomic E-state index is 12.4. The standard InChI is InChI=1S/C17H18N2O4/c1-17(2)22-15(20)12(16(21)23-17)14-13-10(7-8-18-14)9-5-3-4-6-11(9)19-13/h3-6,14,18-20H,7-8H2,1-2H3. The molecule has 0 bridgehead atoms. The molecule has 1 atom stereocenters. The lowest BCUT2D eigenvalue weighted by Crippen LogP contribution is -2.42. The van der Waals surface area contributed by atoms with E-state index in [0.717, 1.165) is 28.6 Å². The Balaban J connectivity index is 1.85. The van der Waals surface area contributed by atoms with Crippen LogP contribution in [-0.2, 0) is 20.7 Å². The average molecular weight is 314 g/mol. The van der Waals surface area contributed by atoms with Crippen molar-refractivity contribution in [1.82, 2.24) is 10.3 Å². The van der Waals surface area contributed by atoms with Gasteiger partial charge in [-0.25, -0.2) is 4.79 Å². The SMILES string of the molecule is CC1(C)OC(=O)C(C2NCCc3c2[nH]c2ccccc32)=C(O)O1. The van der Waals surface area contributed by atoms with Crippen molar-refractivity contribution < 1.29 is 19.4 Å². The predicted octanol–water partition coefficient (Wildman–Crippen LogP) is 2.43. The molecule has 1 aromatic carbocycles. The van der Waals surface area contributed by atoms with Gasteiger partial charge in [-0.05, 0) is 18.1 Å². The van der Waals surface area contributed by atoms with Gasteiger partial charge in [-0.3, -0.25) is 0 Å². The Hall–Kier alpha value is -2.47. The molecule has 0 radical (unpaired) electrons. The van der Waals surface area contributed by atoms with Gasteiger partial charge in [0, 0.05) is 37.0 Å². The number of aromatic amines is 1. The molecule has 120 valence electrons. The molecule has 2 aromatic rings. The van der Waals surface area contributed by atoms with Gasteiger partial charge >= 0.3 is 5.97 Å². The summed E-state index contributed by atoms with van der Waals surface area (Å²) in [5.74, 6) is -2.11. The zero-order valence-corrected chi connectivity index (χ0v) is 13.0. The number of cyclic esters (lactones) is 1. The first-order valence-corrected chi connectivity index (χ1v) is 7.64. The number of aliphatic hydroxyl groups excluding tert-OH is 1. The molecule has 1 unspecified atom stereocenters. The molecule has 3 N–H and O–H groups in total. The Labute approximate surface area is 133 Å². The summed E-state index contributed by atoms with van der Waals surface area (Å²) in [4.78, 5) is 15.7. The van der Waals surface area contributed by atoms with E-state index in [1.165, 1.54) is 0 Å². The van der Waals surface area contributed by atoms with Crippen molar-refractivity contribution >= 4 is 16.9 Å². The van der Waals surface area contributed by atoms with Crippen molar-refractivity contribution in [3.8, 4) is 0 Å². The molecule has 0 amide bonds. The lowest BCUT2D eigenvalue weighted by atomic mass is 9.94. The molecular formula is C17H18N2O4. The van der Waals surface area contributed by atoms with Crippen LogP contribution in [0.4, 0.5) is 0 Å². The Bertz CT molecular complexity index is 834. The van der Waals surface area contributed by atoms with Crippen LogP contribution in [0.5, 0.6) is 0 Å². The third-order valence-corrected chi connectivity index (χ3v) is 4.28. The Morgan fingerprint density at radius 2 is 2.04 bits per heavy atom. The highest BCUT2D eigenvalue weighted by molar-refractivity contribution is 5.92. The number of esters is 1. The smallest absolute Gasteiger partial charge is 0.346 e. The van der Waals surface area contributed by atoms with Crippen molar-refractivity contribution in [2.75, 3.05) is 6.54 Å². The van der Waals surface area contributed by atoms with E-state index >= 15 is 0 Å². The summed E-state index contributed by atoms with van der Waals surface area (Å²) in [5, 5.41) is 14.6. The van der Waals surface area contributed by atoms with Crippen LogP contribution >= 0.6 is 0 Å². The molecule has 3 heterocycles. The fourth-order valence-corrected chi connectivity index (χ4v) is 3.34. The van der Waals surface area contributed by atoms with Gasteiger partial charge < -0.3 is 24.9 Å². The van der Waals surface area contributed by atoms with Gasteiger partial charge in [-0.1, -0.05) is 18.2 Å². The van der Waals surface area contributed by atoms with Crippen LogP contribution in [0, 0.1) is 0 Å². The van der Waals surface area contributed by atoms with Gasteiger partial charge in [0.15, 0.2) is 0 Å². The zero-order valence-electron chi connectivity index (χ0n) is 13.0. The molecule has 2 aliphatic heterocycles. The largest absolute Gasteiger partial charge is 0.480 e. The quantitative estimate of drug-likeness (QED) is 0.704. The second-order valence-corrected chi connectivity index (χ2v) is 6.31. The number of carbonyl (C=O) groups excluding carboxylic acids is 1. The minimum Gasteiger partial charge on any atom is -0.480 e. The van der Waals surface area contributed by atoms with Crippen LogP contribution in [0.3, 0.4) is 0 Å². The summed E-state index contributed by atoms with van der Waals surface area (Å²) in [6.45, 7) is 3.87. The Morgan fingerprint density at radius 3 is 2.83 bits per heavy atom. The van der Waals surface area contributed by atoms with Crippen molar-refractivity contribution in [2.45, 2.75) is 32.1 Å². The number of aromatic nitrogens is 1. The highest BCUT2D eigenvalue weighted by atomic mass is 16.8. The molecule has 0 fully saturated rings. The molecule has 0 saturated carbocycles. The van der Waals surface area contributed by atoms with E-state index in [9.17, 15) is 9.90 Å². The number of hydrogen-bond acceptors (Lipinski definition) is 5. The number of nitrogens with one attached hydrogen (secondary N) is 2. The number of H-pyrrole nitrogens is 1. The van der Waals surface area contributed by atoms with E-state index in [0.29, 0.717) is 6.54 Å². The zero-order chi connectivity index (χ0) is 16.2. The van der Waals surface area contributed by atoms with Gasteiger partial charge in [0.2, 0.25) is 0 Å². The van der Waals surface area contributed by atoms with E-state index in [1.54, 1.807) is 13.8 Å². The number of benzene rings is 1. The van der Waals surface area contributed by atoms with Crippen LogP contribution in [0.1, 0.15) is 31.1 Å². The normalized spacial score (nSPS) is 23.4. The van der Waals surface area contributed by atoms with E-state index in [4.69, 9.17) is 9.47 Å². The summed E-state index contributed by atoms with van der Waals surface area (Å²) in [6, 6.07) is 7.53. The molecule has 4 rings (SSSR count). The number of hydrogen-bond donors (Lipinski definition) is 3. The average Bonchev–Trinajstić information content (AvgIpc) is 2.85. The third-order valence-electron chi connectivity index (χ3n) is 4.28. The van der Waals surface area contributed by atoms with Gasteiger partial charge in [-0.15, -0.1) is 0 Å². The molecule has 6 heteroatoms. The molecule has 6 nitrogen and oxygen atoms in total. The van der Waals surface area contributed by atoms with Gasteiger partial charge in [0.05, 0.1) is 6.04 Å². The van der Waals surface area contributed by atoms with Crippen molar-refractivity contribution in [3.63, 3.8) is 0 Å². The lowest BCUT2D eigenvalue weighted by Gasteiger charge is -2.34. The van der Waals surface area contributed by atoms with Gasteiger partial charge in [0.25, 0.3) is 11.7 Å². The fraction of sp³-hybridized carbons (Fsp3) is 0.353. The molecule has 0 spiro atoms. The number of rotatable bonds is 1. The van der Waals surface area contributed by atoms with E-state index in [1.807, 2.05) is 18.2 Å². The predicted molar refractivity (Wildman–Crippen MR) is 83.7 cm³/mol. The van der Waals surface area contributed by atoms with Crippen LogP contribution < -0.4 is 5.32 Å². The summed E-state index contributed by atoms with van der Waals surface area (Å²) in [6.07, 6.45) is 0.852. The third kappa shape index (κ3) is 2.17. The maximum Gasteiger partial charge on any atom is 0.346 e. The monoisotopic (exact) mass is 314 g/mol. The summed E-state index contributed by atoms with van der Waals surface area (Å²) >= 11 is 0. The van der Waals surface area contributed by atoms with Crippen LogP contribution in [0.2, 0.25) is 0 Å². The topological polar surface area (TPSA) is 83.6 Å². The summed E-state index contributed by atoms with van der Waals surface area (Å²) < 4.78 is 10.6. The van der Waals surface area contributed by atoms with Crippen molar-refractivity contribution in [3.05, 3.63) is 47.0 Å². The lowest BCUT2D eigenvalue weighted by molar-refractivity contribution is -0.222. The Kier molecular flexibility index (Phi) is 2.93. The molecule has 1 aromatic heterocycles. The minimum absolute atomic E-state index is 0.108. The summed E-state index contributed by atoms with van der Waals surface area (Å²) in [7, 11) is 0. The number of para-hydroxylation sites is 1. The number of fused-ring (bicyclic) bond motifs is 3. The highest BCUT2D eigenvalue weighted by Gasteiger charge is 2.42. The molecule has 2 aliphatic rings. The van der Waals surface area contributed by atoms with Crippen molar-refractivity contribution in [2.24, 2.45) is 0 Å². The van der Waals surface area contributed by atoms with Gasteiger partial charge in [-0.2, -0.15) is 0 Å². The first-order valence-electron chi connectivity index (χ1n) is 7.64. The minimum atomic E-state index is -1.16.